The Hall–Kier alpha value is -0.960. The smallest absolute Gasteiger partial charge is 0.163 e. The monoisotopic (exact) mass is 239 g/mol. The van der Waals surface area contributed by atoms with E-state index in [-0.39, 0.29) is 0 Å². The van der Waals surface area contributed by atoms with Crippen molar-refractivity contribution in [3.63, 3.8) is 0 Å². The first-order valence-corrected chi connectivity index (χ1v) is 6.23. The van der Waals surface area contributed by atoms with Crippen molar-refractivity contribution in [3.05, 3.63) is 35.4 Å². The largest absolute Gasteiger partial charge is 0.299 e. The van der Waals surface area contributed by atoms with Crippen molar-refractivity contribution in [2.75, 3.05) is 13.1 Å². The van der Waals surface area contributed by atoms with Crippen LogP contribution in [0.15, 0.2) is 18.2 Å². The summed E-state index contributed by atoms with van der Waals surface area (Å²) in [6, 6.07) is 4.41. The lowest BCUT2D eigenvalue weighted by atomic mass is 9.88. The van der Waals surface area contributed by atoms with Gasteiger partial charge in [-0.15, -0.1) is 0 Å². The van der Waals surface area contributed by atoms with Gasteiger partial charge in [0.05, 0.1) is 0 Å². The normalized spacial score (nSPS) is 26.1. The molecule has 0 amide bonds. The van der Waals surface area contributed by atoms with Gasteiger partial charge in [0.15, 0.2) is 11.6 Å². The number of piperidine rings is 1. The molecule has 94 valence electrons. The van der Waals surface area contributed by atoms with Gasteiger partial charge in [0.2, 0.25) is 0 Å². The average Bonchev–Trinajstić information content (AvgIpc) is 2.30. The standard InChI is InChI=1S/C14H19F2N/c1-10-6-7-17(8-11(10)2)9-12-4-3-5-13(15)14(12)16/h3-5,10-11H,6-9H2,1-2H3. The molecule has 1 aromatic rings. The molecular weight excluding hydrogens is 220 g/mol. The quantitative estimate of drug-likeness (QED) is 0.764. The SMILES string of the molecule is CC1CCN(Cc2cccc(F)c2F)CC1C. The third-order valence-electron chi connectivity index (χ3n) is 3.84. The second kappa shape index (κ2) is 5.13. The van der Waals surface area contributed by atoms with Crippen LogP contribution >= 0.6 is 0 Å². The van der Waals surface area contributed by atoms with Gasteiger partial charge in [-0.3, -0.25) is 4.90 Å². The molecule has 1 fully saturated rings. The van der Waals surface area contributed by atoms with Crippen LogP contribution in [0, 0.1) is 23.5 Å². The van der Waals surface area contributed by atoms with Gasteiger partial charge in [-0.1, -0.05) is 26.0 Å². The fourth-order valence-corrected chi connectivity index (χ4v) is 2.40. The number of rotatable bonds is 2. The Labute approximate surface area is 101 Å². The summed E-state index contributed by atoms with van der Waals surface area (Å²) in [5.41, 5.74) is 0.465. The van der Waals surface area contributed by atoms with E-state index in [0.717, 1.165) is 25.4 Å². The van der Waals surface area contributed by atoms with Gasteiger partial charge >= 0.3 is 0 Å². The van der Waals surface area contributed by atoms with Crippen molar-refractivity contribution in [3.8, 4) is 0 Å². The summed E-state index contributed by atoms with van der Waals surface area (Å²) < 4.78 is 26.6. The number of likely N-dealkylation sites (tertiary alicyclic amines) is 1. The first kappa shape index (κ1) is 12.5. The molecule has 0 radical (unpaired) electrons. The molecular formula is C14H19F2N. The van der Waals surface area contributed by atoms with Crippen LogP contribution in [0.3, 0.4) is 0 Å². The van der Waals surface area contributed by atoms with Crippen LogP contribution < -0.4 is 0 Å². The van der Waals surface area contributed by atoms with Gasteiger partial charge in [0.25, 0.3) is 0 Å². The lowest BCUT2D eigenvalue weighted by Crippen LogP contribution is -2.38. The minimum Gasteiger partial charge on any atom is -0.299 e. The third kappa shape index (κ3) is 2.83. The van der Waals surface area contributed by atoms with Crippen LogP contribution in [0.25, 0.3) is 0 Å². The maximum atomic E-state index is 13.5. The number of hydrogen-bond donors (Lipinski definition) is 0. The van der Waals surface area contributed by atoms with Crippen LogP contribution in [-0.2, 0) is 6.54 Å². The van der Waals surface area contributed by atoms with E-state index in [9.17, 15) is 8.78 Å². The maximum absolute atomic E-state index is 13.5. The highest BCUT2D eigenvalue weighted by Gasteiger charge is 2.23. The van der Waals surface area contributed by atoms with Crippen LogP contribution in [0.1, 0.15) is 25.8 Å². The van der Waals surface area contributed by atoms with Crippen molar-refractivity contribution < 1.29 is 8.78 Å². The zero-order chi connectivity index (χ0) is 12.4. The van der Waals surface area contributed by atoms with Crippen molar-refractivity contribution in [2.24, 2.45) is 11.8 Å². The summed E-state index contributed by atoms with van der Waals surface area (Å²) >= 11 is 0. The summed E-state index contributed by atoms with van der Waals surface area (Å²) in [5, 5.41) is 0. The lowest BCUT2D eigenvalue weighted by molar-refractivity contribution is 0.130. The predicted octanol–water partition coefficient (Wildman–Crippen LogP) is 3.44. The van der Waals surface area contributed by atoms with Gasteiger partial charge in [0.1, 0.15) is 0 Å². The second-order valence-corrected chi connectivity index (χ2v) is 5.19. The Balaban J connectivity index is 2.04. The average molecular weight is 239 g/mol. The molecule has 1 heterocycles. The summed E-state index contributed by atoms with van der Waals surface area (Å²) in [6.07, 6.45) is 1.14. The van der Waals surface area contributed by atoms with E-state index in [4.69, 9.17) is 0 Å². The zero-order valence-corrected chi connectivity index (χ0v) is 10.4. The number of nitrogens with zero attached hydrogens (tertiary/aromatic N) is 1. The lowest BCUT2D eigenvalue weighted by Gasteiger charge is -2.35. The van der Waals surface area contributed by atoms with E-state index < -0.39 is 11.6 Å². The summed E-state index contributed by atoms with van der Waals surface area (Å²) in [5.74, 6) is -0.0938. The van der Waals surface area contributed by atoms with Crippen molar-refractivity contribution in [1.29, 1.82) is 0 Å². The van der Waals surface area contributed by atoms with Crippen LogP contribution in [-0.4, -0.2) is 18.0 Å². The molecule has 17 heavy (non-hydrogen) atoms. The summed E-state index contributed by atoms with van der Waals surface area (Å²) in [7, 11) is 0. The van der Waals surface area contributed by atoms with E-state index in [2.05, 4.69) is 18.7 Å². The number of benzene rings is 1. The Morgan fingerprint density at radius 1 is 1.24 bits per heavy atom. The minimum absolute atomic E-state index is 0.465. The van der Waals surface area contributed by atoms with Gasteiger partial charge in [-0.25, -0.2) is 8.78 Å². The molecule has 0 spiro atoms. The number of hydrogen-bond acceptors (Lipinski definition) is 1. The first-order valence-electron chi connectivity index (χ1n) is 6.23. The Bertz CT molecular complexity index is 392. The van der Waals surface area contributed by atoms with Crippen LogP contribution in [0.2, 0.25) is 0 Å². The highest BCUT2D eigenvalue weighted by atomic mass is 19.2. The van der Waals surface area contributed by atoms with E-state index >= 15 is 0 Å². The zero-order valence-electron chi connectivity index (χ0n) is 10.4. The van der Waals surface area contributed by atoms with Gasteiger partial charge in [-0.05, 0) is 30.9 Å². The predicted molar refractivity (Wildman–Crippen MR) is 64.6 cm³/mol. The molecule has 1 saturated heterocycles. The van der Waals surface area contributed by atoms with Crippen molar-refractivity contribution in [1.82, 2.24) is 4.90 Å². The summed E-state index contributed by atoms with van der Waals surface area (Å²) in [4.78, 5) is 2.21. The highest BCUT2D eigenvalue weighted by Crippen LogP contribution is 2.24. The fourth-order valence-electron chi connectivity index (χ4n) is 2.40. The van der Waals surface area contributed by atoms with Crippen molar-refractivity contribution >= 4 is 0 Å². The molecule has 2 unspecified atom stereocenters. The molecule has 1 aliphatic heterocycles. The Kier molecular flexibility index (Phi) is 3.77. The van der Waals surface area contributed by atoms with Gasteiger partial charge in [-0.2, -0.15) is 0 Å². The second-order valence-electron chi connectivity index (χ2n) is 5.19. The van der Waals surface area contributed by atoms with Crippen LogP contribution in [0.5, 0.6) is 0 Å². The van der Waals surface area contributed by atoms with Gasteiger partial charge in [0, 0.05) is 18.7 Å². The summed E-state index contributed by atoms with van der Waals surface area (Å²) in [6.45, 7) is 6.93. The van der Waals surface area contributed by atoms with E-state index in [0.29, 0.717) is 18.0 Å². The minimum atomic E-state index is -0.749. The molecule has 1 aliphatic rings. The van der Waals surface area contributed by atoms with Crippen molar-refractivity contribution in [2.45, 2.75) is 26.8 Å². The molecule has 0 aromatic heterocycles. The molecule has 0 aliphatic carbocycles. The van der Waals surface area contributed by atoms with Crippen LogP contribution in [0.4, 0.5) is 8.78 Å². The highest BCUT2D eigenvalue weighted by molar-refractivity contribution is 5.18. The fraction of sp³-hybridized carbons (Fsp3) is 0.571. The third-order valence-corrected chi connectivity index (χ3v) is 3.84. The Morgan fingerprint density at radius 3 is 2.71 bits per heavy atom. The molecule has 1 aromatic carbocycles. The van der Waals surface area contributed by atoms with E-state index in [1.165, 1.54) is 6.07 Å². The number of halogens is 2. The topological polar surface area (TPSA) is 3.24 Å². The molecule has 2 rings (SSSR count). The molecule has 0 bridgehead atoms. The molecule has 1 nitrogen and oxygen atoms in total. The van der Waals surface area contributed by atoms with E-state index in [1.807, 2.05) is 0 Å². The maximum Gasteiger partial charge on any atom is 0.163 e. The van der Waals surface area contributed by atoms with E-state index in [1.54, 1.807) is 12.1 Å². The molecule has 3 heteroatoms. The molecule has 0 N–H and O–H groups in total. The van der Waals surface area contributed by atoms with Gasteiger partial charge < -0.3 is 0 Å². The molecule has 0 saturated carbocycles. The Morgan fingerprint density at radius 2 is 2.00 bits per heavy atom. The molecule has 2 atom stereocenters. The first-order chi connectivity index (χ1) is 8.08.